The lowest BCUT2D eigenvalue weighted by molar-refractivity contribution is -0.139. The van der Waals surface area contributed by atoms with E-state index in [9.17, 15) is 4.79 Å². The van der Waals surface area contributed by atoms with E-state index in [1.54, 1.807) is 11.3 Å². The van der Waals surface area contributed by atoms with Crippen molar-refractivity contribution < 1.29 is 9.90 Å². The minimum absolute atomic E-state index is 0.333. The van der Waals surface area contributed by atoms with Gasteiger partial charge in [0.25, 0.3) is 0 Å². The molecular weight excluding hydrogens is 198 g/mol. The summed E-state index contributed by atoms with van der Waals surface area (Å²) in [7, 11) is 0. The Labute approximate surface area is 86.8 Å². The number of hydrogen-bond acceptors (Lipinski definition) is 3. The molecule has 1 fully saturated rings. The standard InChI is InChI=1S/C10H13NO2S/c12-10(13)9-5-7(6-11-9)4-8-2-1-3-14-8/h1-3,7,9,11H,4-6H2,(H,12,13)/t7-,9-/m0/s1. The summed E-state index contributed by atoms with van der Waals surface area (Å²) in [6.45, 7) is 0.828. The number of carboxylic acid groups (broad SMARTS) is 1. The fraction of sp³-hybridized carbons (Fsp3) is 0.500. The van der Waals surface area contributed by atoms with Crippen molar-refractivity contribution in [3.05, 3.63) is 22.4 Å². The third-order valence-electron chi connectivity index (χ3n) is 2.59. The van der Waals surface area contributed by atoms with Crippen molar-refractivity contribution in [2.24, 2.45) is 5.92 Å². The summed E-state index contributed by atoms with van der Waals surface area (Å²) >= 11 is 1.74. The van der Waals surface area contributed by atoms with Gasteiger partial charge in [-0.25, -0.2) is 0 Å². The first kappa shape index (κ1) is 9.68. The molecule has 2 rings (SSSR count). The van der Waals surface area contributed by atoms with Crippen LogP contribution in [0.5, 0.6) is 0 Å². The lowest BCUT2D eigenvalue weighted by Crippen LogP contribution is -2.29. The van der Waals surface area contributed by atoms with E-state index in [0.29, 0.717) is 5.92 Å². The third kappa shape index (κ3) is 2.13. The Hall–Kier alpha value is -0.870. The lowest BCUT2D eigenvalue weighted by Gasteiger charge is -2.05. The fourth-order valence-electron chi connectivity index (χ4n) is 1.87. The molecular formula is C10H13NO2S. The van der Waals surface area contributed by atoms with Gasteiger partial charge in [0.1, 0.15) is 6.04 Å². The molecule has 0 amide bonds. The predicted molar refractivity (Wildman–Crippen MR) is 55.6 cm³/mol. The second-order valence-corrected chi connectivity index (χ2v) is 4.72. The molecule has 2 heterocycles. The van der Waals surface area contributed by atoms with Crippen LogP contribution >= 0.6 is 11.3 Å². The van der Waals surface area contributed by atoms with Crippen molar-refractivity contribution in [3.8, 4) is 0 Å². The molecule has 3 nitrogen and oxygen atoms in total. The Morgan fingerprint density at radius 3 is 3.14 bits per heavy atom. The van der Waals surface area contributed by atoms with Gasteiger partial charge in [-0.1, -0.05) is 6.07 Å². The molecule has 1 aromatic rings. The molecule has 0 spiro atoms. The maximum Gasteiger partial charge on any atom is 0.320 e. The number of carboxylic acids is 1. The van der Waals surface area contributed by atoms with Gasteiger partial charge in [0.05, 0.1) is 0 Å². The number of carbonyl (C=O) groups is 1. The summed E-state index contributed by atoms with van der Waals surface area (Å²) < 4.78 is 0. The summed E-state index contributed by atoms with van der Waals surface area (Å²) in [6, 6.07) is 3.82. The van der Waals surface area contributed by atoms with Gasteiger partial charge in [-0.05, 0) is 36.8 Å². The molecule has 0 bridgehead atoms. The SMILES string of the molecule is O=C(O)[C@@H]1C[C@H](Cc2cccs2)CN1. The number of rotatable bonds is 3. The molecule has 4 heteroatoms. The Morgan fingerprint density at radius 1 is 1.71 bits per heavy atom. The zero-order valence-corrected chi connectivity index (χ0v) is 8.59. The van der Waals surface area contributed by atoms with Crippen LogP contribution in [0.2, 0.25) is 0 Å². The van der Waals surface area contributed by atoms with E-state index >= 15 is 0 Å². The van der Waals surface area contributed by atoms with Gasteiger partial charge in [0.2, 0.25) is 0 Å². The van der Waals surface area contributed by atoms with Gasteiger partial charge in [0, 0.05) is 4.88 Å². The summed E-state index contributed by atoms with van der Waals surface area (Å²) in [5.41, 5.74) is 0. The molecule has 0 aliphatic carbocycles. The second-order valence-electron chi connectivity index (χ2n) is 3.68. The van der Waals surface area contributed by atoms with Gasteiger partial charge in [0.15, 0.2) is 0 Å². The molecule has 2 atom stereocenters. The fourth-order valence-corrected chi connectivity index (χ4v) is 2.69. The van der Waals surface area contributed by atoms with Crippen LogP contribution in [0.1, 0.15) is 11.3 Å². The molecule has 0 unspecified atom stereocenters. The highest BCUT2D eigenvalue weighted by Crippen LogP contribution is 2.21. The number of aliphatic carboxylic acids is 1. The molecule has 0 aromatic carbocycles. The van der Waals surface area contributed by atoms with Gasteiger partial charge in [-0.3, -0.25) is 4.79 Å². The molecule has 1 aromatic heterocycles. The van der Waals surface area contributed by atoms with Crippen LogP contribution in [0.4, 0.5) is 0 Å². The van der Waals surface area contributed by atoms with Gasteiger partial charge < -0.3 is 10.4 Å². The maximum atomic E-state index is 10.7. The highest BCUT2D eigenvalue weighted by Gasteiger charge is 2.28. The zero-order chi connectivity index (χ0) is 9.97. The molecule has 76 valence electrons. The van der Waals surface area contributed by atoms with E-state index in [0.717, 1.165) is 19.4 Å². The molecule has 0 radical (unpaired) electrons. The zero-order valence-electron chi connectivity index (χ0n) is 7.77. The van der Waals surface area contributed by atoms with E-state index in [1.807, 2.05) is 6.07 Å². The van der Waals surface area contributed by atoms with Crippen molar-refractivity contribution in [1.82, 2.24) is 5.32 Å². The highest BCUT2D eigenvalue weighted by molar-refractivity contribution is 7.09. The van der Waals surface area contributed by atoms with Crippen molar-refractivity contribution in [2.45, 2.75) is 18.9 Å². The molecule has 1 saturated heterocycles. The minimum atomic E-state index is -0.723. The average molecular weight is 211 g/mol. The van der Waals surface area contributed by atoms with E-state index in [4.69, 9.17) is 5.11 Å². The molecule has 14 heavy (non-hydrogen) atoms. The van der Waals surface area contributed by atoms with Gasteiger partial charge in [-0.2, -0.15) is 0 Å². The first-order valence-electron chi connectivity index (χ1n) is 4.74. The Balaban J connectivity index is 1.87. The van der Waals surface area contributed by atoms with Crippen LogP contribution in [-0.4, -0.2) is 23.7 Å². The number of thiophene rings is 1. The van der Waals surface area contributed by atoms with E-state index in [-0.39, 0.29) is 6.04 Å². The maximum absolute atomic E-state index is 10.7. The molecule has 0 saturated carbocycles. The predicted octanol–water partition coefficient (Wildman–Crippen LogP) is 1.35. The van der Waals surface area contributed by atoms with Crippen LogP contribution in [0.3, 0.4) is 0 Å². The lowest BCUT2D eigenvalue weighted by atomic mass is 10.0. The largest absolute Gasteiger partial charge is 0.480 e. The van der Waals surface area contributed by atoms with Crippen molar-refractivity contribution in [1.29, 1.82) is 0 Å². The highest BCUT2D eigenvalue weighted by atomic mass is 32.1. The summed E-state index contributed by atoms with van der Waals surface area (Å²) in [5.74, 6) is -0.242. The van der Waals surface area contributed by atoms with E-state index in [1.165, 1.54) is 4.88 Å². The first-order chi connectivity index (χ1) is 6.75. The van der Waals surface area contributed by atoms with Crippen LogP contribution in [0.15, 0.2) is 17.5 Å². The summed E-state index contributed by atoms with van der Waals surface area (Å²) in [4.78, 5) is 12.0. The smallest absolute Gasteiger partial charge is 0.320 e. The normalized spacial score (nSPS) is 26.6. The Morgan fingerprint density at radius 2 is 2.57 bits per heavy atom. The first-order valence-corrected chi connectivity index (χ1v) is 5.62. The number of nitrogens with one attached hydrogen (secondary N) is 1. The minimum Gasteiger partial charge on any atom is -0.480 e. The monoisotopic (exact) mass is 211 g/mol. The van der Waals surface area contributed by atoms with E-state index < -0.39 is 5.97 Å². The molecule has 2 N–H and O–H groups in total. The van der Waals surface area contributed by atoms with Crippen LogP contribution < -0.4 is 5.32 Å². The van der Waals surface area contributed by atoms with Crippen molar-refractivity contribution in [3.63, 3.8) is 0 Å². The van der Waals surface area contributed by atoms with Crippen molar-refractivity contribution in [2.75, 3.05) is 6.54 Å². The summed E-state index contributed by atoms with van der Waals surface area (Å²) in [6.07, 6.45) is 1.77. The van der Waals surface area contributed by atoms with Crippen molar-refractivity contribution >= 4 is 17.3 Å². The third-order valence-corrected chi connectivity index (χ3v) is 3.49. The Kier molecular flexibility index (Phi) is 2.84. The van der Waals surface area contributed by atoms with Crippen LogP contribution in [0, 0.1) is 5.92 Å². The average Bonchev–Trinajstić information content (AvgIpc) is 2.75. The van der Waals surface area contributed by atoms with Gasteiger partial charge >= 0.3 is 5.97 Å². The molecule has 1 aliphatic rings. The topological polar surface area (TPSA) is 49.3 Å². The second kappa shape index (κ2) is 4.11. The quantitative estimate of drug-likeness (QED) is 0.793. The van der Waals surface area contributed by atoms with Crippen LogP contribution in [-0.2, 0) is 11.2 Å². The van der Waals surface area contributed by atoms with Crippen LogP contribution in [0.25, 0.3) is 0 Å². The molecule has 1 aliphatic heterocycles. The Bertz CT molecular complexity index is 310. The number of hydrogen-bond donors (Lipinski definition) is 2. The van der Waals surface area contributed by atoms with E-state index in [2.05, 4.69) is 16.8 Å². The van der Waals surface area contributed by atoms with Gasteiger partial charge in [-0.15, -0.1) is 11.3 Å². The summed E-state index contributed by atoms with van der Waals surface area (Å²) in [5, 5.41) is 13.9.